The van der Waals surface area contributed by atoms with Gasteiger partial charge in [0.05, 0.1) is 11.2 Å². The molecule has 0 spiro atoms. The van der Waals surface area contributed by atoms with Crippen LogP contribution in [0.5, 0.6) is 0 Å². The molecule has 0 aromatic heterocycles. The van der Waals surface area contributed by atoms with Crippen molar-refractivity contribution in [3.8, 4) is 0 Å². The lowest BCUT2D eigenvalue weighted by Gasteiger charge is -2.32. The van der Waals surface area contributed by atoms with Gasteiger partial charge in [0.15, 0.2) is 0 Å². The molecule has 1 aromatic rings. The van der Waals surface area contributed by atoms with E-state index in [-0.39, 0.29) is 18.3 Å². The molecule has 1 aliphatic heterocycles. The largest absolute Gasteiger partial charge is 0.486 e. The third kappa shape index (κ3) is 4.16. The summed E-state index contributed by atoms with van der Waals surface area (Å²) in [6, 6.07) is 10.8. The Labute approximate surface area is 153 Å². The van der Waals surface area contributed by atoms with Crippen LogP contribution in [-0.2, 0) is 9.31 Å². The Morgan fingerprint density at radius 3 is 2.12 bits per heavy atom. The van der Waals surface area contributed by atoms with Crippen molar-refractivity contribution in [3.63, 3.8) is 0 Å². The van der Waals surface area contributed by atoms with E-state index in [0.29, 0.717) is 5.88 Å². The summed E-state index contributed by atoms with van der Waals surface area (Å²) in [4.78, 5) is 0. The van der Waals surface area contributed by atoms with Crippen LogP contribution in [0.25, 0.3) is 0 Å². The molecule has 1 saturated heterocycles. The monoisotopic (exact) mass is 364 g/mol. The van der Waals surface area contributed by atoms with Crippen molar-refractivity contribution in [3.05, 3.63) is 41.5 Å². The number of rotatable bonds is 6. The van der Waals surface area contributed by atoms with Crippen LogP contribution >= 0.6 is 11.6 Å². The van der Waals surface area contributed by atoms with E-state index in [1.807, 2.05) is 0 Å². The van der Waals surface area contributed by atoms with E-state index >= 15 is 0 Å². The number of hydrogen-bond donors (Lipinski definition) is 0. The van der Waals surface area contributed by atoms with E-state index in [2.05, 4.69) is 77.1 Å². The SMILES string of the molecule is CC1(C)OB(/C=C(/CCCCl)[Si](C)(C)c2ccccc2)OC1(C)C. The highest BCUT2D eigenvalue weighted by Crippen LogP contribution is 2.37. The van der Waals surface area contributed by atoms with Crippen LogP contribution in [0.15, 0.2) is 41.5 Å². The number of alkyl halides is 1. The number of halogens is 1. The molecular weight excluding hydrogens is 335 g/mol. The van der Waals surface area contributed by atoms with E-state index in [1.54, 1.807) is 0 Å². The molecule has 0 saturated carbocycles. The van der Waals surface area contributed by atoms with Gasteiger partial charge in [-0.25, -0.2) is 0 Å². The summed E-state index contributed by atoms with van der Waals surface area (Å²) in [6.07, 6.45) is 1.98. The molecular formula is C19H30BClO2Si. The summed E-state index contributed by atoms with van der Waals surface area (Å²) in [5.74, 6) is 2.91. The second-order valence-electron chi connectivity index (χ2n) is 8.10. The first-order valence-corrected chi connectivity index (χ1v) is 12.3. The molecule has 2 nitrogen and oxygen atoms in total. The number of allylic oxidation sites excluding steroid dienone is 1. The summed E-state index contributed by atoms with van der Waals surface area (Å²) >= 11 is 5.97. The van der Waals surface area contributed by atoms with Crippen LogP contribution in [0.3, 0.4) is 0 Å². The number of hydrogen-bond acceptors (Lipinski definition) is 2. The first kappa shape index (κ1) is 19.8. The minimum Gasteiger partial charge on any atom is -0.400 e. The summed E-state index contributed by atoms with van der Waals surface area (Å²) < 4.78 is 12.4. The van der Waals surface area contributed by atoms with Crippen LogP contribution in [-0.4, -0.2) is 32.3 Å². The van der Waals surface area contributed by atoms with Crippen molar-refractivity contribution in [2.24, 2.45) is 0 Å². The molecule has 0 unspecified atom stereocenters. The Bertz CT molecular complexity index is 568. The third-order valence-electron chi connectivity index (χ3n) is 5.49. The Morgan fingerprint density at radius 1 is 1.08 bits per heavy atom. The summed E-state index contributed by atoms with van der Waals surface area (Å²) in [7, 11) is -2.05. The summed E-state index contributed by atoms with van der Waals surface area (Å²) in [5, 5.41) is 2.88. The maximum Gasteiger partial charge on any atom is 0.486 e. The van der Waals surface area contributed by atoms with E-state index < -0.39 is 8.07 Å². The second kappa shape index (κ2) is 7.37. The molecule has 1 aliphatic rings. The Kier molecular flexibility index (Phi) is 6.07. The van der Waals surface area contributed by atoms with Crippen molar-refractivity contribution >= 4 is 32.0 Å². The van der Waals surface area contributed by atoms with Crippen molar-refractivity contribution in [1.82, 2.24) is 0 Å². The minimum atomic E-state index is -1.76. The molecule has 0 atom stereocenters. The molecule has 0 radical (unpaired) electrons. The predicted octanol–water partition coefficient (Wildman–Crippen LogP) is 4.72. The van der Waals surface area contributed by atoms with Crippen molar-refractivity contribution in [2.75, 3.05) is 5.88 Å². The second-order valence-corrected chi connectivity index (χ2v) is 12.9. The molecule has 132 valence electrons. The fourth-order valence-electron chi connectivity index (χ4n) is 3.02. The Morgan fingerprint density at radius 2 is 1.62 bits per heavy atom. The Hall–Kier alpha value is -0.548. The van der Waals surface area contributed by atoms with Crippen LogP contribution in [0.4, 0.5) is 0 Å². The van der Waals surface area contributed by atoms with E-state index in [1.165, 1.54) is 10.4 Å². The molecule has 1 aromatic carbocycles. The standard InChI is InChI=1S/C19H30BClO2Si/c1-18(2)19(3,4)23-20(22-18)15-17(13-10-14-21)24(5,6)16-11-8-7-9-12-16/h7-9,11-12,15H,10,13-14H2,1-6H3/b17-15-. The molecule has 5 heteroatoms. The molecule has 24 heavy (non-hydrogen) atoms. The molecule has 0 N–H and O–H groups in total. The lowest BCUT2D eigenvalue weighted by molar-refractivity contribution is 0.00578. The predicted molar refractivity (Wildman–Crippen MR) is 108 cm³/mol. The zero-order chi connectivity index (χ0) is 18.0. The van der Waals surface area contributed by atoms with Gasteiger partial charge in [-0.15, -0.1) is 11.6 Å². The van der Waals surface area contributed by atoms with Crippen molar-refractivity contribution in [2.45, 2.75) is 64.8 Å². The van der Waals surface area contributed by atoms with Crippen LogP contribution < -0.4 is 5.19 Å². The van der Waals surface area contributed by atoms with Crippen LogP contribution in [0, 0.1) is 0 Å². The lowest BCUT2D eigenvalue weighted by atomic mass is 9.89. The molecule has 1 fully saturated rings. The summed E-state index contributed by atoms with van der Waals surface area (Å²) in [6.45, 7) is 13.2. The van der Waals surface area contributed by atoms with Gasteiger partial charge in [-0.05, 0) is 40.5 Å². The van der Waals surface area contributed by atoms with Gasteiger partial charge in [0.1, 0.15) is 8.07 Å². The average Bonchev–Trinajstić information content (AvgIpc) is 2.71. The van der Waals surface area contributed by atoms with Gasteiger partial charge in [0.25, 0.3) is 0 Å². The van der Waals surface area contributed by atoms with Crippen LogP contribution in [0.2, 0.25) is 13.1 Å². The number of benzene rings is 1. The topological polar surface area (TPSA) is 18.5 Å². The summed E-state index contributed by atoms with van der Waals surface area (Å²) in [5.41, 5.74) is -0.603. The normalized spacial score (nSPS) is 20.5. The smallest absolute Gasteiger partial charge is 0.400 e. The van der Waals surface area contributed by atoms with E-state index in [9.17, 15) is 0 Å². The highest BCUT2D eigenvalue weighted by Gasteiger charge is 2.50. The molecule has 0 amide bonds. The highest BCUT2D eigenvalue weighted by molar-refractivity contribution is 6.96. The first-order valence-electron chi connectivity index (χ1n) is 8.78. The van der Waals surface area contributed by atoms with Gasteiger partial charge in [0, 0.05) is 5.88 Å². The quantitative estimate of drug-likeness (QED) is 0.537. The zero-order valence-corrected chi connectivity index (χ0v) is 17.6. The van der Waals surface area contributed by atoms with Gasteiger partial charge in [0.2, 0.25) is 0 Å². The Balaban J connectivity index is 2.32. The first-order chi connectivity index (χ1) is 11.1. The third-order valence-corrected chi connectivity index (χ3v) is 9.55. The van der Waals surface area contributed by atoms with Gasteiger partial charge < -0.3 is 9.31 Å². The van der Waals surface area contributed by atoms with Gasteiger partial charge in [-0.1, -0.05) is 59.8 Å². The fourth-order valence-corrected chi connectivity index (χ4v) is 5.91. The maximum absolute atomic E-state index is 6.20. The fraction of sp³-hybridized carbons (Fsp3) is 0.579. The molecule has 0 aliphatic carbocycles. The van der Waals surface area contributed by atoms with E-state index in [0.717, 1.165) is 12.8 Å². The van der Waals surface area contributed by atoms with Crippen molar-refractivity contribution in [1.29, 1.82) is 0 Å². The molecule has 1 heterocycles. The van der Waals surface area contributed by atoms with E-state index in [4.69, 9.17) is 20.9 Å². The van der Waals surface area contributed by atoms with Gasteiger partial charge in [-0.2, -0.15) is 0 Å². The minimum absolute atomic E-state index is 0.282. The zero-order valence-electron chi connectivity index (χ0n) is 15.9. The highest BCUT2D eigenvalue weighted by atomic mass is 35.5. The molecule has 2 rings (SSSR count). The van der Waals surface area contributed by atoms with Gasteiger partial charge >= 0.3 is 7.12 Å². The lowest BCUT2D eigenvalue weighted by Crippen LogP contribution is -2.44. The van der Waals surface area contributed by atoms with Crippen molar-refractivity contribution < 1.29 is 9.31 Å². The van der Waals surface area contributed by atoms with Gasteiger partial charge in [-0.3, -0.25) is 0 Å². The van der Waals surface area contributed by atoms with Crippen LogP contribution in [0.1, 0.15) is 40.5 Å². The molecule has 0 bridgehead atoms. The average molecular weight is 365 g/mol. The maximum atomic E-state index is 6.20.